The fraction of sp³-hybridized carbons (Fsp3) is 0. The number of thiocarbonyl (C=S) groups is 1. The van der Waals surface area contributed by atoms with Crippen LogP contribution >= 0.6 is 36.4 Å². The second-order valence-corrected chi connectivity index (χ2v) is 2.96. The van der Waals surface area contributed by atoms with Gasteiger partial charge in [-0.2, -0.15) is 0 Å². The number of ether oxygens (including phenoxy) is 1. The molecule has 0 aliphatic carbocycles. The molecule has 0 spiro atoms. The van der Waals surface area contributed by atoms with Gasteiger partial charge in [-0.25, -0.2) is 0 Å². The number of nitrogens with two attached hydrogens (primary N) is 2. The van der Waals surface area contributed by atoms with E-state index < -0.39 is 5.24 Å². The summed E-state index contributed by atoms with van der Waals surface area (Å²) in [7, 11) is 0. The number of carbonyl (C=O) groups is 1. The van der Waals surface area contributed by atoms with Crippen LogP contribution in [0.1, 0.15) is 0 Å². The summed E-state index contributed by atoms with van der Waals surface area (Å²) >= 11 is 8.72. The number of carbonyl (C=O) groups excluding carboxylic acids is 1. The number of amides is 1. The number of nitrogens with zero attached hydrogens (tertiary/aromatic N) is 2. The zero-order valence-electron chi connectivity index (χ0n) is 6.21. The first-order chi connectivity index (χ1) is 6.02. The third kappa shape index (κ3) is 8.98. The summed E-state index contributed by atoms with van der Waals surface area (Å²) < 4.78 is 8.23. The van der Waals surface area contributed by atoms with E-state index in [0.717, 1.165) is 0 Å². The molecule has 0 saturated carbocycles. The summed E-state index contributed by atoms with van der Waals surface area (Å²) in [5.41, 5.74) is 9.37. The zero-order chi connectivity index (χ0) is 10.3. The van der Waals surface area contributed by atoms with Gasteiger partial charge in [-0.3, -0.25) is 4.79 Å². The molecular weight excluding hydrogens is 232 g/mol. The van der Waals surface area contributed by atoms with E-state index in [1.165, 1.54) is 11.5 Å². The quantitative estimate of drug-likeness (QED) is 0.475. The number of primary amides is 1. The van der Waals surface area contributed by atoms with E-state index in [4.69, 9.17) is 15.3 Å². The van der Waals surface area contributed by atoms with Crippen molar-refractivity contribution >= 4 is 46.8 Å². The van der Waals surface area contributed by atoms with E-state index in [1.807, 2.05) is 0 Å². The maximum Gasteiger partial charge on any atom is 0.273 e. The van der Waals surface area contributed by atoms with Gasteiger partial charge in [0.05, 0.1) is 5.38 Å². The highest BCUT2D eigenvalue weighted by molar-refractivity contribution is 7.96. The third-order valence-electron chi connectivity index (χ3n) is 0.545. The highest BCUT2D eigenvalue weighted by atomic mass is 32.1. The minimum atomic E-state index is -0.639. The Labute approximate surface area is 88.8 Å². The number of hydrogen-bond acceptors (Lipinski definition) is 6. The summed E-state index contributed by atoms with van der Waals surface area (Å²) in [5.74, 6) is 0.354. The van der Waals surface area contributed by atoms with E-state index in [9.17, 15) is 0 Å². The summed E-state index contributed by atoms with van der Waals surface area (Å²) in [5, 5.41) is 4.47. The van der Waals surface area contributed by atoms with Crippen molar-refractivity contribution in [1.82, 2.24) is 9.59 Å². The van der Waals surface area contributed by atoms with Crippen molar-refractivity contribution in [3.8, 4) is 5.88 Å². The highest BCUT2D eigenvalue weighted by Gasteiger charge is 1.95. The molecule has 0 aromatic carbocycles. The van der Waals surface area contributed by atoms with Crippen LogP contribution in [0.3, 0.4) is 0 Å². The van der Waals surface area contributed by atoms with Gasteiger partial charge < -0.3 is 16.2 Å². The molecule has 1 amide bonds. The summed E-state index contributed by atoms with van der Waals surface area (Å²) in [6, 6.07) is 0. The second-order valence-electron chi connectivity index (χ2n) is 1.50. The van der Waals surface area contributed by atoms with E-state index in [1.54, 1.807) is 5.38 Å². The molecule has 4 N–H and O–H groups in total. The van der Waals surface area contributed by atoms with E-state index in [-0.39, 0.29) is 5.17 Å². The molecule has 0 aliphatic rings. The standard InChI is InChI=1S/C3H3N3OS2.CH3NOS/c4-3(8)7-2-1-9-6-5-2;2-1(3)4/h1H,(H2,4,8);(H3,2,3,4). The highest BCUT2D eigenvalue weighted by Crippen LogP contribution is 2.05. The lowest BCUT2D eigenvalue weighted by Crippen LogP contribution is -2.15. The first-order valence-electron chi connectivity index (χ1n) is 2.75. The van der Waals surface area contributed by atoms with Crippen LogP contribution in [0.15, 0.2) is 5.38 Å². The van der Waals surface area contributed by atoms with E-state index in [2.05, 4.69) is 40.2 Å². The Kier molecular flexibility index (Phi) is 6.10. The Balaban J connectivity index is 0.000000310. The first kappa shape index (κ1) is 12.1. The molecule has 1 aromatic rings. The first-order valence-corrected chi connectivity index (χ1v) is 4.44. The number of rotatable bonds is 1. The number of hydrogen-bond donors (Lipinski definition) is 3. The Morgan fingerprint density at radius 2 is 2.23 bits per heavy atom. The maximum absolute atomic E-state index is 9.09. The Bertz CT molecular complexity index is 271. The van der Waals surface area contributed by atoms with Gasteiger partial charge in [-0.1, -0.05) is 22.2 Å². The van der Waals surface area contributed by atoms with Gasteiger partial charge in [0.2, 0.25) is 0 Å². The molecule has 9 heteroatoms. The SMILES string of the molecule is NC(=O)S.NC(=S)Oc1csnn1. The molecule has 0 bridgehead atoms. The lowest BCUT2D eigenvalue weighted by atomic mass is 10.9. The van der Waals surface area contributed by atoms with Crippen LogP contribution in [-0.2, 0) is 0 Å². The van der Waals surface area contributed by atoms with Gasteiger partial charge >= 0.3 is 0 Å². The van der Waals surface area contributed by atoms with Crippen LogP contribution < -0.4 is 16.2 Å². The maximum atomic E-state index is 9.09. The second kappa shape index (κ2) is 6.57. The normalized spacial score (nSPS) is 8.08. The van der Waals surface area contributed by atoms with Crippen molar-refractivity contribution < 1.29 is 9.53 Å². The molecule has 1 aromatic heterocycles. The minimum absolute atomic E-state index is 0.0392. The molecule has 13 heavy (non-hydrogen) atoms. The zero-order valence-corrected chi connectivity index (χ0v) is 8.73. The largest absolute Gasteiger partial charge is 0.411 e. The molecule has 6 nitrogen and oxygen atoms in total. The predicted molar refractivity (Wildman–Crippen MR) is 55.9 cm³/mol. The van der Waals surface area contributed by atoms with Crippen LogP contribution in [0.4, 0.5) is 4.79 Å². The molecule has 0 radical (unpaired) electrons. The van der Waals surface area contributed by atoms with Crippen LogP contribution in [0.5, 0.6) is 5.88 Å². The molecule has 72 valence electrons. The summed E-state index contributed by atoms with van der Waals surface area (Å²) in [6.07, 6.45) is 0. The van der Waals surface area contributed by atoms with E-state index >= 15 is 0 Å². The van der Waals surface area contributed by atoms with Crippen LogP contribution in [-0.4, -0.2) is 20.0 Å². The summed E-state index contributed by atoms with van der Waals surface area (Å²) in [6.45, 7) is 0. The third-order valence-corrected chi connectivity index (χ3v) is 1.11. The molecule has 0 fully saturated rings. The minimum Gasteiger partial charge on any atom is -0.411 e. The molecule has 0 atom stereocenters. The lowest BCUT2D eigenvalue weighted by Gasteiger charge is -1.92. The summed E-state index contributed by atoms with van der Waals surface area (Å²) in [4.78, 5) is 9.09. The van der Waals surface area contributed by atoms with Gasteiger partial charge in [-0.05, 0) is 23.8 Å². The van der Waals surface area contributed by atoms with Gasteiger partial charge in [0, 0.05) is 0 Å². The monoisotopic (exact) mass is 238 g/mol. The molecule has 1 rings (SSSR count). The fourth-order valence-corrected chi connectivity index (χ4v) is 0.749. The van der Waals surface area contributed by atoms with Crippen molar-refractivity contribution in [1.29, 1.82) is 0 Å². The van der Waals surface area contributed by atoms with Gasteiger partial charge in [0.25, 0.3) is 16.3 Å². The van der Waals surface area contributed by atoms with Crippen LogP contribution in [0.2, 0.25) is 0 Å². The predicted octanol–water partition coefficient (Wildman–Crippen LogP) is 0.155. The Morgan fingerprint density at radius 3 is 2.54 bits per heavy atom. The van der Waals surface area contributed by atoms with Crippen molar-refractivity contribution in [2.24, 2.45) is 11.5 Å². The number of thiol groups is 1. The molecule has 0 aliphatic heterocycles. The van der Waals surface area contributed by atoms with Crippen molar-refractivity contribution in [3.63, 3.8) is 0 Å². The van der Waals surface area contributed by atoms with Gasteiger partial charge in [-0.15, -0.1) is 0 Å². The molecule has 0 unspecified atom stereocenters. The van der Waals surface area contributed by atoms with Crippen LogP contribution in [0, 0.1) is 0 Å². The Morgan fingerprint density at radius 1 is 1.69 bits per heavy atom. The smallest absolute Gasteiger partial charge is 0.273 e. The molecule has 0 saturated heterocycles. The van der Waals surface area contributed by atoms with Gasteiger partial charge in [0.15, 0.2) is 0 Å². The van der Waals surface area contributed by atoms with E-state index in [0.29, 0.717) is 5.88 Å². The van der Waals surface area contributed by atoms with Crippen LogP contribution in [0.25, 0.3) is 0 Å². The fourth-order valence-electron chi connectivity index (χ4n) is 0.304. The van der Waals surface area contributed by atoms with Crippen molar-refractivity contribution in [2.75, 3.05) is 0 Å². The van der Waals surface area contributed by atoms with Crippen molar-refractivity contribution in [2.45, 2.75) is 0 Å². The van der Waals surface area contributed by atoms with Crippen molar-refractivity contribution in [3.05, 3.63) is 5.38 Å². The average Bonchev–Trinajstić information content (AvgIpc) is 2.36. The molecule has 1 heterocycles. The Hall–Kier alpha value is -0.930. The topological polar surface area (TPSA) is 104 Å². The van der Waals surface area contributed by atoms with Gasteiger partial charge in [0.1, 0.15) is 0 Å². The lowest BCUT2D eigenvalue weighted by molar-refractivity contribution is 0.267. The molecular formula is C4H6N4O2S3. The number of aromatic nitrogens is 2. The average molecular weight is 238 g/mol.